The molecule has 0 aromatic heterocycles. The average molecular weight is 317 g/mol. The first-order valence-electron chi connectivity index (χ1n) is 7.21. The molecule has 0 atom stereocenters. The Hall–Kier alpha value is -2.01. The highest BCUT2D eigenvalue weighted by atomic mass is 32.2. The highest BCUT2D eigenvalue weighted by molar-refractivity contribution is 8.00. The molecule has 2 aromatic rings. The lowest BCUT2D eigenvalue weighted by molar-refractivity contribution is -0.138. The molecule has 0 unspecified atom stereocenters. The summed E-state index contributed by atoms with van der Waals surface area (Å²) in [6, 6.07) is 14.2. The topological polar surface area (TPSA) is 57.6 Å². The summed E-state index contributed by atoms with van der Waals surface area (Å²) in [7, 11) is 0. The number of aliphatic carboxylic acids is 1. The van der Waals surface area contributed by atoms with Crippen LogP contribution in [0.25, 0.3) is 10.8 Å². The first-order chi connectivity index (χ1) is 10.6. The number of carbonyl (C=O) groups excluding carboxylic acids is 1. The predicted octanol–water partition coefficient (Wildman–Crippen LogP) is 3.26. The second-order valence-corrected chi connectivity index (χ2v) is 5.96. The van der Waals surface area contributed by atoms with Crippen LogP contribution in [0.5, 0.6) is 0 Å². The molecule has 2 aromatic carbocycles. The zero-order chi connectivity index (χ0) is 15.9. The standard InChI is InChI=1S/C17H19NO3S/c1-2-18(10-9-17(20)21)16(19)12-22-15-8-7-13-5-3-4-6-14(13)11-15/h3-8,11H,2,9-10,12H2,1H3,(H,20,21). The first-order valence-corrected chi connectivity index (χ1v) is 8.20. The molecule has 0 bridgehead atoms. The molecule has 0 heterocycles. The molecule has 4 nitrogen and oxygen atoms in total. The molecule has 0 fully saturated rings. The van der Waals surface area contributed by atoms with Crippen molar-refractivity contribution in [2.75, 3.05) is 18.8 Å². The van der Waals surface area contributed by atoms with Crippen LogP contribution >= 0.6 is 11.8 Å². The zero-order valence-electron chi connectivity index (χ0n) is 12.5. The fourth-order valence-corrected chi connectivity index (χ4v) is 3.03. The molecule has 5 heteroatoms. The summed E-state index contributed by atoms with van der Waals surface area (Å²) in [5, 5.41) is 11.0. The minimum atomic E-state index is -0.881. The van der Waals surface area contributed by atoms with E-state index in [0.717, 1.165) is 10.3 Å². The highest BCUT2D eigenvalue weighted by Crippen LogP contribution is 2.23. The SMILES string of the molecule is CCN(CCC(=O)O)C(=O)CSc1ccc2ccccc2c1. The molecule has 0 aliphatic carbocycles. The van der Waals surface area contributed by atoms with Gasteiger partial charge in [0.05, 0.1) is 12.2 Å². The molecule has 0 radical (unpaired) electrons. The number of hydrogen-bond donors (Lipinski definition) is 1. The van der Waals surface area contributed by atoms with E-state index in [1.165, 1.54) is 17.1 Å². The van der Waals surface area contributed by atoms with Gasteiger partial charge in [0.2, 0.25) is 5.91 Å². The summed E-state index contributed by atoms with van der Waals surface area (Å²) in [5.74, 6) is -0.582. The lowest BCUT2D eigenvalue weighted by Crippen LogP contribution is -2.34. The Morgan fingerprint density at radius 2 is 1.86 bits per heavy atom. The quantitative estimate of drug-likeness (QED) is 0.796. The van der Waals surface area contributed by atoms with Crippen molar-refractivity contribution < 1.29 is 14.7 Å². The Balaban J connectivity index is 1.94. The Kier molecular flexibility index (Phi) is 5.83. The fraction of sp³-hybridized carbons (Fsp3) is 0.294. The maximum atomic E-state index is 12.1. The van der Waals surface area contributed by atoms with E-state index < -0.39 is 5.97 Å². The number of carbonyl (C=O) groups is 2. The van der Waals surface area contributed by atoms with Crippen molar-refractivity contribution in [1.82, 2.24) is 4.90 Å². The molecule has 0 saturated heterocycles. The van der Waals surface area contributed by atoms with Crippen LogP contribution in [0, 0.1) is 0 Å². The Labute approximate surface area is 134 Å². The summed E-state index contributed by atoms with van der Waals surface area (Å²) < 4.78 is 0. The van der Waals surface area contributed by atoms with E-state index in [1.54, 1.807) is 4.90 Å². The number of rotatable bonds is 7. The third-order valence-corrected chi connectivity index (χ3v) is 4.39. The van der Waals surface area contributed by atoms with Gasteiger partial charge in [0, 0.05) is 18.0 Å². The van der Waals surface area contributed by atoms with Gasteiger partial charge in [-0.25, -0.2) is 0 Å². The lowest BCUT2D eigenvalue weighted by Gasteiger charge is -2.19. The Morgan fingerprint density at radius 1 is 1.14 bits per heavy atom. The van der Waals surface area contributed by atoms with Crippen molar-refractivity contribution in [3.05, 3.63) is 42.5 Å². The van der Waals surface area contributed by atoms with Gasteiger partial charge in [-0.05, 0) is 29.8 Å². The van der Waals surface area contributed by atoms with E-state index in [4.69, 9.17) is 5.11 Å². The van der Waals surface area contributed by atoms with Crippen LogP contribution in [0.1, 0.15) is 13.3 Å². The number of nitrogens with zero attached hydrogens (tertiary/aromatic N) is 1. The zero-order valence-corrected chi connectivity index (χ0v) is 13.3. The summed E-state index contributed by atoms with van der Waals surface area (Å²) >= 11 is 1.48. The molecule has 0 aliphatic heterocycles. The molecule has 0 saturated carbocycles. The van der Waals surface area contributed by atoms with Gasteiger partial charge >= 0.3 is 5.97 Å². The normalized spacial score (nSPS) is 10.6. The summed E-state index contributed by atoms with van der Waals surface area (Å²) in [6.07, 6.45) is -0.0137. The molecular formula is C17H19NO3S. The van der Waals surface area contributed by atoms with Gasteiger partial charge in [-0.3, -0.25) is 9.59 Å². The van der Waals surface area contributed by atoms with Gasteiger partial charge < -0.3 is 10.0 Å². The Morgan fingerprint density at radius 3 is 2.55 bits per heavy atom. The smallest absolute Gasteiger partial charge is 0.305 e. The van der Waals surface area contributed by atoms with Crippen LogP contribution < -0.4 is 0 Å². The van der Waals surface area contributed by atoms with Crippen LogP contribution in [0.2, 0.25) is 0 Å². The fourth-order valence-electron chi connectivity index (χ4n) is 2.18. The van der Waals surface area contributed by atoms with Crippen molar-refractivity contribution >= 4 is 34.4 Å². The van der Waals surface area contributed by atoms with Crippen LogP contribution in [0.3, 0.4) is 0 Å². The summed E-state index contributed by atoms with van der Waals surface area (Å²) in [4.78, 5) is 25.4. The van der Waals surface area contributed by atoms with Crippen molar-refractivity contribution in [3.8, 4) is 0 Å². The molecule has 0 spiro atoms. The average Bonchev–Trinajstić information content (AvgIpc) is 2.53. The van der Waals surface area contributed by atoms with Gasteiger partial charge in [-0.15, -0.1) is 11.8 Å². The molecule has 2 rings (SSSR count). The minimum absolute atomic E-state index is 0.0137. The number of amides is 1. The third-order valence-electron chi connectivity index (χ3n) is 3.41. The first kappa shape index (κ1) is 16.4. The summed E-state index contributed by atoms with van der Waals surface area (Å²) in [5.41, 5.74) is 0. The van der Waals surface area contributed by atoms with E-state index in [9.17, 15) is 9.59 Å². The van der Waals surface area contributed by atoms with Gasteiger partial charge in [0.15, 0.2) is 0 Å². The molecular weight excluding hydrogens is 298 g/mol. The second-order valence-electron chi connectivity index (χ2n) is 4.91. The lowest BCUT2D eigenvalue weighted by atomic mass is 10.1. The van der Waals surface area contributed by atoms with E-state index in [0.29, 0.717) is 12.3 Å². The van der Waals surface area contributed by atoms with Gasteiger partial charge in [-0.2, -0.15) is 0 Å². The largest absolute Gasteiger partial charge is 0.481 e. The second kappa shape index (κ2) is 7.84. The molecule has 1 N–H and O–H groups in total. The van der Waals surface area contributed by atoms with Gasteiger partial charge in [0.25, 0.3) is 0 Å². The molecule has 22 heavy (non-hydrogen) atoms. The van der Waals surface area contributed by atoms with Crippen LogP contribution in [-0.4, -0.2) is 40.7 Å². The number of carboxylic acids is 1. The van der Waals surface area contributed by atoms with Crippen molar-refractivity contribution in [2.45, 2.75) is 18.2 Å². The van der Waals surface area contributed by atoms with E-state index in [2.05, 4.69) is 12.1 Å². The van der Waals surface area contributed by atoms with E-state index in [1.807, 2.05) is 37.3 Å². The van der Waals surface area contributed by atoms with Gasteiger partial charge in [0.1, 0.15) is 0 Å². The highest BCUT2D eigenvalue weighted by Gasteiger charge is 2.13. The van der Waals surface area contributed by atoms with Crippen molar-refractivity contribution in [1.29, 1.82) is 0 Å². The number of fused-ring (bicyclic) bond motifs is 1. The number of hydrogen-bond acceptors (Lipinski definition) is 3. The molecule has 116 valence electrons. The van der Waals surface area contributed by atoms with Gasteiger partial charge in [-0.1, -0.05) is 30.3 Å². The van der Waals surface area contributed by atoms with E-state index in [-0.39, 0.29) is 18.9 Å². The number of carboxylic acid groups (broad SMARTS) is 1. The maximum Gasteiger partial charge on any atom is 0.305 e. The van der Waals surface area contributed by atoms with E-state index >= 15 is 0 Å². The molecule has 0 aliphatic rings. The van der Waals surface area contributed by atoms with Crippen molar-refractivity contribution in [3.63, 3.8) is 0 Å². The van der Waals surface area contributed by atoms with Crippen LogP contribution in [-0.2, 0) is 9.59 Å². The maximum absolute atomic E-state index is 12.1. The number of thioether (sulfide) groups is 1. The Bertz CT molecular complexity index is 672. The predicted molar refractivity (Wildman–Crippen MR) is 89.2 cm³/mol. The van der Waals surface area contributed by atoms with Crippen LogP contribution in [0.15, 0.2) is 47.4 Å². The monoisotopic (exact) mass is 317 g/mol. The third kappa shape index (κ3) is 4.49. The molecule has 1 amide bonds. The number of benzene rings is 2. The minimum Gasteiger partial charge on any atom is -0.481 e. The summed E-state index contributed by atoms with van der Waals surface area (Å²) in [6.45, 7) is 2.66. The van der Waals surface area contributed by atoms with Crippen molar-refractivity contribution in [2.24, 2.45) is 0 Å². The van der Waals surface area contributed by atoms with Crippen LogP contribution in [0.4, 0.5) is 0 Å².